The Kier molecular flexibility index (Phi) is 4.88. The molecule has 0 aliphatic rings. The molecule has 1 amide bonds. The van der Waals surface area contributed by atoms with Gasteiger partial charge in [-0.25, -0.2) is 18.7 Å². The Bertz CT molecular complexity index is 938. The molecular formula is C19H16F2N4O. The number of aromatic nitrogens is 2. The van der Waals surface area contributed by atoms with E-state index in [1.54, 1.807) is 6.07 Å². The van der Waals surface area contributed by atoms with Crippen LogP contribution in [0.15, 0.2) is 48.8 Å². The standard InChI is InChI=1S/C19H16F2N4O/c1-11-5-3-8-16(12(11)2)24-18(26)13-9-22-19(23-10-13)25-17-14(20)6-4-7-15(17)21/h3-10H,1-2H3,(H,24,26)(H,22,23,25). The smallest absolute Gasteiger partial charge is 0.258 e. The van der Waals surface area contributed by atoms with Crippen LogP contribution in [0, 0.1) is 25.5 Å². The van der Waals surface area contributed by atoms with Gasteiger partial charge < -0.3 is 10.6 Å². The largest absolute Gasteiger partial charge is 0.322 e. The van der Waals surface area contributed by atoms with Crippen molar-refractivity contribution in [3.05, 3.63) is 77.1 Å². The number of amides is 1. The fourth-order valence-electron chi connectivity index (χ4n) is 2.32. The summed E-state index contributed by atoms with van der Waals surface area (Å²) in [5, 5.41) is 5.26. The Labute approximate surface area is 149 Å². The van der Waals surface area contributed by atoms with Crippen LogP contribution in [0.2, 0.25) is 0 Å². The van der Waals surface area contributed by atoms with Crippen LogP contribution >= 0.6 is 0 Å². The van der Waals surface area contributed by atoms with Gasteiger partial charge >= 0.3 is 0 Å². The highest BCUT2D eigenvalue weighted by Gasteiger charge is 2.12. The van der Waals surface area contributed by atoms with Crippen molar-refractivity contribution in [3.63, 3.8) is 0 Å². The molecule has 132 valence electrons. The van der Waals surface area contributed by atoms with Gasteiger partial charge in [0.25, 0.3) is 5.91 Å². The molecule has 0 saturated carbocycles. The van der Waals surface area contributed by atoms with Gasteiger partial charge in [-0.3, -0.25) is 4.79 Å². The lowest BCUT2D eigenvalue weighted by molar-refractivity contribution is 0.102. The number of nitrogens with zero attached hydrogens (tertiary/aromatic N) is 2. The maximum Gasteiger partial charge on any atom is 0.258 e. The van der Waals surface area contributed by atoms with E-state index >= 15 is 0 Å². The lowest BCUT2D eigenvalue weighted by Gasteiger charge is -2.10. The number of para-hydroxylation sites is 1. The topological polar surface area (TPSA) is 66.9 Å². The molecule has 0 bridgehead atoms. The monoisotopic (exact) mass is 354 g/mol. The molecule has 0 spiro atoms. The molecule has 3 rings (SSSR count). The van der Waals surface area contributed by atoms with Crippen molar-refractivity contribution in [2.45, 2.75) is 13.8 Å². The molecule has 7 heteroatoms. The fourth-order valence-corrected chi connectivity index (χ4v) is 2.32. The van der Waals surface area contributed by atoms with E-state index in [0.29, 0.717) is 5.69 Å². The molecule has 2 N–H and O–H groups in total. The number of anilines is 3. The Morgan fingerprint density at radius 3 is 2.23 bits per heavy atom. The second-order valence-corrected chi connectivity index (χ2v) is 5.72. The zero-order valence-corrected chi connectivity index (χ0v) is 14.2. The molecular weight excluding hydrogens is 338 g/mol. The average Bonchev–Trinajstić information content (AvgIpc) is 2.63. The summed E-state index contributed by atoms with van der Waals surface area (Å²) in [6, 6.07) is 9.12. The molecule has 5 nitrogen and oxygen atoms in total. The van der Waals surface area contributed by atoms with Gasteiger partial charge in [0, 0.05) is 18.1 Å². The third kappa shape index (κ3) is 3.66. The van der Waals surface area contributed by atoms with E-state index < -0.39 is 11.6 Å². The predicted molar refractivity (Wildman–Crippen MR) is 95.5 cm³/mol. The molecule has 0 saturated heterocycles. The number of rotatable bonds is 4. The van der Waals surface area contributed by atoms with Crippen molar-refractivity contribution in [2.75, 3.05) is 10.6 Å². The first kappa shape index (κ1) is 17.5. The lowest BCUT2D eigenvalue weighted by atomic mass is 10.1. The van der Waals surface area contributed by atoms with Gasteiger partial charge in [0.15, 0.2) is 0 Å². The third-order valence-corrected chi connectivity index (χ3v) is 3.97. The van der Waals surface area contributed by atoms with Crippen LogP contribution in [-0.4, -0.2) is 15.9 Å². The van der Waals surface area contributed by atoms with Crippen molar-refractivity contribution in [2.24, 2.45) is 0 Å². The number of halogens is 2. The first-order valence-corrected chi connectivity index (χ1v) is 7.86. The molecule has 0 radical (unpaired) electrons. The van der Waals surface area contributed by atoms with E-state index in [0.717, 1.165) is 23.3 Å². The van der Waals surface area contributed by atoms with E-state index in [1.807, 2.05) is 26.0 Å². The van der Waals surface area contributed by atoms with Crippen LogP contribution in [0.5, 0.6) is 0 Å². The summed E-state index contributed by atoms with van der Waals surface area (Å²) < 4.78 is 27.3. The van der Waals surface area contributed by atoms with Gasteiger partial charge in [-0.05, 0) is 43.2 Å². The summed E-state index contributed by atoms with van der Waals surface area (Å²) in [6.45, 7) is 3.87. The molecule has 26 heavy (non-hydrogen) atoms. The number of aryl methyl sites for hydroxylation is 1. The van der Waals surface area contributed by atoms with E-state index in [1.165, 1.54) is 18.5 Å². The zero-order chi connectivity index (χ0) is 18.7. The maximum atomic E-state index is 13.6. The molecule has 3 aromatic rings. The van der Waals surface area contributed by atoms with E-state index in [9.17, 15) is 13.6 Å². The second-order valence-electron chi connectivity index (χ2n) is 5.72. The van der Waals surface area contributed by atoms with Crippen LogP contribution in [0.25, 0.3) is 0 Å². The summed E-state index contributed by atoms with van der Waals surface area (Å²) in [4.78, 5) is 20.2. The lowest BCUT2D eigenvalue weighted by Crippen LogP contribution is -2.14. The van der Waals surface area contributed by atoms with Crippen LogP contribution in [0.1, 0.15) is 21.5 Å². The number of benzene rings is 2. The first-order valence-electron chi connectivity index (χ1n) is 7.86. The molecule has 0 atom stereocenters. The van der Waals surface area contributed by atoms with Crippen LogP contribution in [-0.2, 0) is 0 Å². The maximum absolute atomic E-state index is 13.6. The van der Waals surface area contributed by atoms with Gasteiger partial charge in [-0.1, -0.05) is 18.2 Å². The van der Waals surface area contributed by atoms with Crippen LogP contribution in [0.4, 0.5) is 26.1 Å². The Morgan fingerprint density at radius 1 is 0.962 bits per heavy atom. The molecule has 1 heterocycles. The minimum absolute atomic E-state index is 0.0164. The van der Waals surface area contributed by atoms with Gasteiger partial charge in [0.1, 0.15) is 17.3 Å². The Hall–Kier alpha value is -3.35. The minimum atomic E-state index is -0.759. The number of hydrogen-bond donors (Lipinski definition) is 2. The van der Waals surface area contributed by atoms with Crippen molar-refractivity contribution >= 4 is 23.2 Å². The summed E-state index contributed by atoms with van der Waals surface area (Å²) in [6.07, 6.45) is 2.57. The number of carbonyl (C=O) groups excluding carboxylic acids is 1. The molecule has 0 unspecified atom stereocenters. The van der Waals surface area contributed by atoms with Crippen molar-refractivity contribution in [1.29, 1.82) is 0 Å². The predicted octanol–water partition coefficient (Wildman–Crippen LogP) is 4.37. The molecule has 0 aliphatic heterocycles. The van der Waals surface area contributed by atoms with Crippen molar-refractivity contribution in [1.82, 2.24) is 9.97 Å². The quantitative estimate of drug-likeness (QED) is 0.730. The van der Waals surface area contributed by atoms with Crippen molar-refractivity contribution in [3.8, 4) is 0 Å². The van der Waals surface area contributed by atoms with E-state index in [2.05, 4.69) is 20.6 Å². The summed E-state index contributed by atoms with van der Waals surface area (Å²) in [5.41, 5.74) is 2.61. The highest BCUT2D eigenvalue weighted by atomic mass is 19.1. The number of nitrogens with one attached hydrogen (secondary N) is 2. The summed E-state index contributed by atoms with van der Waals surface area (Å²) >= 11 is 0. The average molecular weight is 354 g/mol. The Balaban J connectivity index is 1.75. The van der Waals surface area contributed by atoms with Gasteiger partial charge in [0.05, 0.1) is 5.56 Å². The minimum Gasteiger partial charge on any atom is -0.322 e. The third-order valence-electron chi connectivity index (χ3n) is 3.97. The highest BCUT2D eigenvalue weighted by molar-refractivity contribution is 6.04. The summed E-state index contributed by atoms with van der Waals surface area (Å²) in [7, 11) is 0. The molecule has 0 fully saturated rings. The number of carbonyl (C=O) groups is 1. The molecule has 2 aromatic carbocycles. The number of hydrogen-bond acceptors (Lipinski definition) is 4. The first-order chi connectivity index (χ1) is 12.5. The van der Waals surface area contributed by atoms with E-state index in [4.69, 9.17) is 0 Å². The SMILES string of the molecule is Cc1cccc(NC(=O)c2cnc(Nc3c(F)cccc3F)nc2)c1C. The van der Waals surface area contributed by atoms with Crippen LogP contribution < -0.4 is 10.6 Å². The normalized spacial score (nSPS) is 10.5. The second kappa shape index (κ2) is 7.26. The highest BCUT2D eigenvalue weighted by Crippen LogP contribution is 2.21. The van der Waals surface area contributed by atoms with Crippen LogP contribution in [0.3, 0.4) is 0 Å². The Morgan fingerprint density at radius 2 is 1.58 bits per heavy atom. The van der Waals surface area contributed by atoms with Gasteiger partial charge in [-0.15, -0.1) is 0 Å². The molecule has 0 aliphatic carbocycles. The fraction of sp³-hybridized carbons (Fsp3) is 0.105. The van der Waals surface area contributed by atoms with Gasteiger partial charge in [0.2, 0.25) is 5.95 Å². The van der Waals surface area contributed by atoms with Crippen molar-refractivity contribution < 1.29 is 13.6 Å². The molecule has 1 aromatic heterocycles. The van der Waals surface area contributed by atoms with E-state index in [-0.39, 0.29) is 23.1 Å². The van der Waals surface area contributed by atoms with Gasteiger partial charge in [-0.2, -0.15) is 0 Å². The summed E-state index contributed by atoms with van der Waals surface area (Å²) in [5.74, 6) is -1.91. The zero-order valence-electron chi connectivity index (χ0n) is 14.2.